The molecule has 2 aliphatic carbocycles. The van der Waals surface area contributed by atoms with Gasteiger partial charge in [0.2, 0.25) is 10.0 Å². The molecule has 2 aromatic rings. The average molecular weight is 617 g/mol. The largest absolute Gasteiger partial charge is 0.490 e. The highest BCUT2D eigenvalue weighted by Gasteiger charge is 2.44. The van der Waals surface area contributed by atoms with E-state index in [-0.39, 0.29) is 34.5 Å². The van der Waals surface area contributed by atoms with Gasteiger partial charge >= 0.3 is 5.97 Å². The van der Waals surface area contributed by atoms with Gasteiger partial charge in [0.05, 0.1) is 29.7 Å². The number of primary sulfonamides is 1. The summed E-state index contributed by atoms with van der Waals surface area (Å²) in [6.07, 6.45) is 9.06. The van der Waals surface area contributed by atoms with Crippen molar-refractivity contribution in [3.8, 4) is 5.75 Å². The molecule has 8 nitrogen and oxygen atoms in total. The number of allylic oxidation sites excluding steroid dienone is 1. The molecule has 1 aliphatic heterocycles. The number of fused-ring (bicyclic) bond motifs is 3. The van der Waals surface area contributed by atoms with E-state index in [1.807, 2.05) is 19.1 Å². The molecule has 0 aromatic heterocycles. The summed E-state index contributed by atoms with van der Waals surface area (Å²) >= 11 is 6.36. The lowest BCUT2D eigenvalue weighted by Gasteiger charge is -2.45. The van der Waals surface area contributed by atoms with Crippen LogP contribution in [0.15, 0.2) is 48.6 Å². The van der Waals surface area contributed by atoms with Gasteiger partial charge in [-0.25, -0.2) is 18.4 Å². The topological polar surface area (TPSA) is 130 Å². The molecule has 42 heavy (non-hydrogen) atoms. The summed E-state index contributed by atoms with van der Waals surface area (Å²) < 4.78 is 29.5. The second-order valence-corrected chi connectivity index (χ2v) is 14.4. The molecule has 0 amide bonds. The number of nitrogens with zero attached hydrogens (tertiary/aromatic N) is 1. The van der Waals surface area contributed by atoms with Gasteiger partial charge in [-0.3, -0.25) is 0 Å². The van der Waals surface area contributed by atoms with Crippen LogP contribution < -0.4 is 14.8 Å². The van der Waals surface area contributed by atoms with Crippen LogP contribution in [0.5, 0.6) is 5.75 Å². The van der Waals surface area contributed by atoms with Crippen LogP contribution in [0, 0.1) is 17.8 Å². The molecule has 1 unspecified atom stereocenters. The van der Waals surface area contributed by atoms with E-state index in [4.69, 9.17) is 21.5 Å². The second kappa shape index (κ2) is 12.6. The molecule has 2 aromatic carbocycles. The van der Waals surface area contributed by atoms with Crippen molar-refractivity contribution >= 4 is 33.3 Å². The molecular formula is C32H41ClN2O6S. The Bertz CT molecular complexity index is 1450. The first-order valence-corrected chi connectivity index (χ1v) is 17.0. The lowest BCUT2D eigenvalue weighted by atomic mass is 9.68. The molecule has 3 aliphatic rings. The molecule has 4 N–H and O–H groups in total. The van der Waals surface area contributed by atoms with Gasteiger partial charge in [-0.15, -0.1) is 0 Å². The Balaban J connectivity index is 1.38. The van der Waals surface area contributed by atoms with Crippen molar-refractivity contribution in [3.05, 3.63) is 70.3 Å². The molecule has 228 valence electrons. The number of rotatable bonds is 10. The van der Waals surface area contributed by atoms with Crippen LogP contribution in [0.1, 0.15) is 66.9 Å². The first kappa shape index (κ1) is 30.9. The van der Waals surface area contributed by atoms with Crippen molar-refractivity contribution in [2.24, 2.45) is 22.9 Å². The lowest BCUT2D eigenvalue weighted by molar-refractivity contribution is 0.0456. The third kappa shape index (κ3) is 6.80. The summed E-state index contributed by atoms with van der Waals surface area (Å²) in [6.45, 7) is 3.78. The van der Waals surface area contributed by atoms with E-state index < -0.39 is 22.1 Å². The first-order chi connectivity index (χ1) is 20.0. The Morgan fingerprint density at radius 2 is 2.07 bits per heavy atom. The molecule has 0 bridgehead atoms. The Kier molecular flexibility index (Phi) is 9.23. The number of aliphatic hydroxyl groups is 1. The van der Waals surface area contributed by atoms with E-state index in [2.05, 4.69) is 17.0 Å². The highest BCUT2D eigenvalue weighted by Crippen LogP contribution is 2.46. The van der Waals surface area contributed by atoms with Gasteiger partial charge in [-0.2, -0.15) is 0 Å². The number of aromatic carboxylic acids is 1. The number of hydrogen-bond donors (Lipinski definition) is 3. The van der Waals surface area contributed by atoms with Gasteiger partial charge in [0.1, 0.15) is 5.75 Å². The summed E-state index contributed by atoms with van der Waals surface area (Å²) in [4.78, 5) is 14.2. The zero-order valence-corrected chi connectivity index (χ0v) is 25.6. The van der Waals surface area contributed by atoms with Crippen molar-refractivity contribution < 1.29 is 28.2 Å². The predicted molar refractivity (Wildman–Crippen MR) is 165 cm³/mol. The average Bonchev–Trinajstić information content (AvgIpc) is 3.06. The second-order valence-electron chi connectivity index (χ2n) is 12.4. The van der Waals surface area contributed by atoms with E-state index in [0.717, 1.165) is 42.8 Å². The number of carboxylic acids is 1. The van der Waals surface area contributed by atoms with E-state index in [9.17, 15) is 23.4 Å². The summed E-state index contributed by atoms with van der Waals surface area (Å²) in [6, 6.07) is 11.2. The van der Waals surface area contributed by atoms with Crippen LogP contribution in [-0.2, 0) is 21.9 Å². The molecule has 1 fully saturated rings. The van der Waals surface area contributed by atoms with Crippen LogP contribution in [0.4, 0.5) is 5.69 Å². The van der Waals surface area contributed by atoms with Gasteiger partial charge in [-0.1, -0.05) is 43.2 Å². The van der Waals surface area contributed by atoms with Crippen LogP contribution in [-0.4, -0.2) is 56.2 Å². The van der Waals surface area contributed by atoms with Crippen molar-refractivity contribution in [1.82, 2.24) is 0 Å². The Morgan fingerprint density at radius 1 is 1.26 bits per heavy atom. The Morgan fingerprint density at radius 3 is 2.76 bits per heavy atom. The third-order valence-corrected chi connectivity index (χ3v) is 10.7. The number of benzene rings is 2. The van der Waals surface area contributed by atoms with E-state index in [1.54, 1.807) is 24.3 Å². The van der Waals surface area contributed by atoms with Gasteiger partial charge in [0.25, 0.3) is 0 Å². The van der Waals surface area contributed by atoms with E-state index in [0.29, 0.717) is 38.3 Å². The minimum atomic E-state index is -3.55. The first-order valence-electron chi connectivity index (χ1n) is 14.9. The van der Waals surface area contributed by atoms with Gasteiger partial charge in [-0.05, 0) is 97.7 Å². The van der Waals surface area contributed by atoms with Crippen LogP contribution in [0.3, 0.4) is 0 Å². The summed E-state index contributed by atoms with van der Waals surface area (Å²) in [7, 11) is -3.55. The molecule has 5 rings (SSSR count). The molecule has 1 spiro atoms. The minimum absolute atomic E-state index is 0.0586. The molecular weight excluding hydrogens is 576 g/mol. The SMILES string of the molecule is CCC(C/C=C/[C@H](O)[C@@H]1CC[C@H]1CN1C[C@@]2(CCCc3cc(Cl)ccc32)COc2ccc(C(=O)O)cc21)CS(N)(=O)=O. The highest BCUT2D eigenvalue weighted by molar-refractivity contribution is 7.89. The summed E-state index contributed by atoms with van der Waals surface area (Å²) in [5.41, 5.74) is 3.21. The van der Waals surface area contributed by atoms with Crippen molar-refractivity contribution in [2.45, 2.75) is 63.4 Å². The number of nitrogens with two attached hydrogens (primary N) is 1. The number of carbonyl (C=O) groups is 1. The smallest absolute Gasteiger partial charge is 0.335 e. The number of hydrogen-bond acceptors (Lipinski definition) is 6. The third-order valence-electron chi connectivity index (χ3n) is 9.50. The van der Waals surface area contributed by atoms with Crippen molar-refractivity contribution in [1.29, 1.82) is 0 Å². The summed E-state index contributed by atoms with van der Waals surface area (Å²) in [5.74, 6) is -0.188. The number of sulfonamides is 1. The fourth-order valence-electron chi connectivity index (χ4n) is 7.04. The highest BCUT2D eigenvalue weighted by atomic mass is 35.5. The van der Waals surface area contributed by atoms with Gasteiger partial charge in [0.15, 0.2) is 0 Å². The molecule has 1 heterocycles. The number of carboxylic acid groups (broad SMARTS) is 1. The number of halogens is 1. The Hall–Kier alpha value is -2.59. The molecule has 0 radical (unpaired) electrons. The molecule has 10 heteroatoms. The monoisotopic (exact) mass is 616 g/mol. The van der Waals surface area contributed by atoms with Crippen molar-refractivity contribution in [2.75, 3.05) is 30.3 Å². The standard InChI is InChI=1S/C32H41ClN2O6S/c1-2-21(18-42(34,39)40)5-3-7-29(36)26-11-8-24(26)17-35-19-32(14-4-6-22-15-25(33)10-12-27(22)32)20-41-30-13-9-23(31(37)38)16-28(30)35/h3,7,9-10,12-13,15-16,21,24,26,29,36H,2,4-6,8,11,14,17-20H2,1H3,(H,37,38)(H2,34,39,40)/b7-3+/t21?,24-,26+,29-,32-/m0/s1. The molecule has 0 saturated heterocycles. The maximum atomic E-state index is 11.9. The molecule has 1 saturated carbocycles. The lowest BCUT2D eigenvalue weighted by Crippen LogP contribution is -2.49. The Labute approximate surface area is 253 Å². The fraction of sp³-hybridized carbons (Fsp3) is 0.531. The van der Waals surface area contributed by atoms with Gasteiger partial charge in [0, 0.05) is 23.5 Å². The number of aliphatic hydroxyl groups excluding tert-OH is 1. The quantitative estimate of drug-likeness (QED) is 0.314. The van der Waals surface area contributed by atoms with Gasteiger partial charge < -0.3 is 19.8 Å². The predicted octanol–water partition coefficient (Wildman–Crippen LogP) is 5.16. The number of aryl methyl sites for hydroxylation is 1. The van der Waals surface area contributed by atoms with E-state index in [1.165, 1.54) is 11.1 Å². The number of ether oxygens (including phenoxy) is 1. The van der Waals surface area contributed by atoms with Crippen LogP contribution >= 0.6 is 11.6 Å². The molecule has 5 atom stereocenters. The zero-order valence-electron chi connectivity index (χ0n) is 24.0. The zero-order chi connectivity index (χ0) is 30.1. The van der Waals surface area contributed by atoms with E-state index >= 15 is 0 Å². The minimum Gasteiger partial charge on any atom is -0.490 e. The maximum Gasteiger partial charge on any atom is 0.335 e. The normalized spacial score (nSPS) is 25.2. The fourth-order valence-corrected chi connectivity index (χ4v) is 8.26. The number of anilines is 1. The van der Waals surface area contributed by atoms with Crippen LogP contribution in [0.2, 0.25) is 5.02 Å². The van der Waals surface area contributed by atoms with Crippen molar-refractivity contribution in [3.63, 3.8) is 0 Å². The van der Waals surface area contributed by atoms with Crippen LogP contribution in [0.25, 0.3) is 0 Å². The maximum absolute atomic E-state index is 11.9. The summed E-state index contributed by atoms with van der Waals surface area (Å²) in [5, 5.41) is 26.8.